The van der Waals surface area contributed by atoms with Crippen LogP contribution in [0, 0.1) is 5.92 Å². The van der Waals surface area contributed by atoms with Crippen LogP contribution in [0.25, 0.3) is 0 Å². The van der Waals surface area contributed by atoms with Crippen molar-refractivity contribution in [3.05, 3.63) is 22.4 Å². The Hall–Kier alpha value is -0.940. The van der Waals surface area contributed by atoms with Crippen molar-refractivity contribution >= 4 is 34.9 Å². The van der Waals surface area contributed by atoms with Crippen molar-refractivity contribution in [3.8, 4) is 0 Å². The van der Waals surface area contributed by atoms with Crippen molar-refractivity contribution in [1.82, 2.24) is 10.7 Å². The minimum Gasteiger partial charge on any atom is -0.358 e. The first kappa shape index (κ1) is 13.5. The van der Waals surface area contributed by atoms with Crippen LogP contribution in [0.3, 0.4) is 0 Å². The molecule has 0 unspecified atom stereocenters. The molecule has 1 aromatic heterocycles. The van der Waals surface area contributed by atoms with E-state index in [1.54, 1.807) is 17.6 Å². The van der Waals surface area contributed by atoms with Gasteiger partial charge in [-0.1, -0.05) is 19.8 Å². The number of nitrogens with one attached hydrogen (secondary N) is 2. The molecular weight excluding hydrogens is 262 g/mol. The van der Waals surface area contributed by atoms with E-state index < -0.39 is 0 Å². The van der Waals surface area contributed by atoms with E-state index in [-0.39, 0.29) is 0 Å². The minimum atomic E-state index is 0.495. The summed E-state index contributed by atoms with van der Waals surface area (Å²) in [4.78, 5) is 0. The Morgan fingerprint density at radius 3 is 3.06 bits per heavy atom. The first-order valence-electron chi connectivity index (χ1n) is 6.37. The normalized spacial score (nSPS) is 24.1. The van der Waals surface area contributed by atoms with Gasteiger partial charge in [-0.05, 0) is 47.8 Å². The van der Waals surface area contributed by atoms with Crippen LogP contribution in [0.5, 0.6) is 0 Å². The van der Waals surface area contributed by atoms with Gasteiger partial charge >= 0.3 is 0 Å². The zero-order valence-electron chi connectivity index (χ0n) is 10.6. The van der Waals surface area contributed by atoms with Crippen LogP contribution in [0.2, 0.25) is 0 Å². The third-order valence-corrected chi connectivity index (χ3v) is 4.26. The number of thiophene rings is 1. The molecule has 1 aliphatic rings. The number of thiocarbonyl (C=S) groups is 1. The molecule has 0 aliphatic heterocycles. The molecule has 1 heterocycles. The Morgan fingerprint density at radius 1 is 1.50 bits per heavy atom. The molecule has 0 saturated heterocycles. The quantitative estimate of drug-likeness (QED) is 0.508. The number of rotatable bonds is 3. The average Bonchev–Trinajstić information content (AvgIpc) is 2.85. The summed E-state index contributed by atoms with van der Waals surface area (Å²) in [6.45, 7) is 2.29. The summed E-state index contributed by atoms with van der Waals surface area (Å²) in [7, 11) is 0. The van der Waals surface area contributed by atoms with E-state index in [4.69, 9.17) is 12.2 Å². The summed E-state index contributed by atoms with van der Waals surface area (Å²) in [5.41, 5.74) is 3.98. The monoisotopic (exact) mass is 281 g/mol. The van der Waals surface area contributed by atoms with Crippen molar-refractivity contribution in [2.24, 2.45) is 11.0 Å². The van der Waals surface area contributed by atoms with Crippen LogP contribution >= 0.6 is 23.6 Å². The molecule has 2 N–H and O–H groups in total. The Kier molecular flexibility index (Phi) is 5.13. The molecule has 0 spiro atoms. The van der Waals surface area contributed by atoms with Crippen molar-refractivity contribution in [3.63, 3.8) is 0 Å². The maximum atomic E-state index is 5.25. The summed E-state index contributed by atoms with van der Waals surface area (Å²) in [6.07, 6.45) is 6.92. The first-order chi connectivity index (χ1) is 8.75. The van der Waals surface area contributed by atoms with Gasteiger partial charge in [0.15, 0.2) is 5.11 Å². The third-order valence-electron chi connectivity index (χ3n) is 3.35. The van der Waals surface area contributed by atoms with E-state index in [0.29, 0.717) is 17.1 Å². The van der Waals surface area contributed by atoms with Gasteiger partial charge in [-0.15, -0.1) is 0 Å². The van der Waals surface area contributed by atoms with Crippen LogP contribution < -0.4 is 10.7 Å². The van der Waals surface area contributed by atoms with Crippen LogP contribution in [-0.2, 0) is 0 Å². The summed E-state index contributed by atoms with van der Waals surface area (Å²) in [6, 6.07) is 2.52. The number of hydrogen-bond acceptors (Lipinski definition) is 3. The van der Waals surface area contributed by atoms with Crippen LogP contribution in [0.15, 0.2) is 21.9 Å². The molecule has 1 aromatic rings. The highest BCUT2D eigenvalue weighted by Gasteiger charge is 2.21. The van der Waals surface area contributed by atoms with E-state index >= 15 is 0 Å². The molecule has 0 radical (unpaired) electrons. The maximum Gasteiger partial charge on any atom is 0.187 e. The van der Waals surface area contributed by atoms with Gasteiger partial charge in [0.2, 0.25) is 0 Å². The molecule has 0 amide bonds. The molecule has 0 aromatic carbocycles. The van der Waals surface area contributed by atoms with Crippen LogP contribution in [0.1, 0.15) is 38.2 Å². The fourth-order valence-electron chi connectivity index (χ4n) is 2.25. The average molecular weight is 281 g/mol. The molecule has 0 bridgehead atoms. The van der Waals surface area contributed by atoms with E-state index in [2.05, 4.69) is 22.8 Å². The lowest BCUT2D eigenvalue weighted by molar-refractivity contribution is 0.308. The topological polar surface area (TPSA) is 36.4 Å². The van der Waals surface area contributed by atoms with Gasteiger partial charge in [-0.3, -0.25) is 5.43 Å². The highest BCUT2D eigenvalue weighted by molar-refractivity contribution is 7.80. The molecular formula is C13H19N3S2. The van der Waals surface area contributed by atoms with Crippen molar-refractivity contribution in [1.29, 1.82) is 0 Å². The Morgan fingerprint density at radius 2 is 2.33 bits per heavy atom. The standard InChI is InChI=1S/C13H19N3S2/c1-10-4-2-3-5-12(10)15-13(17)16-14-8-11-6-7-18-9-11/h6-10,12H,2-5H2,1H3,(H2,15,16,17)/b14-8-/t10-,12+/m0/s1. The molecule has 98 valence electrons. The molecule has 2 rings (SSSR count). The highest BCUT2D eigenvalue weighted by Crippen LogP contribution is 2.23. The summed E-state index contributed by atoms with van der Waals surface area (Å²) in [5, 5.41) is 12.2. The Labute approximate surface area is 118 Å². The number of nitrogens with zero attached hydrogens (tertiary/aromatic N) is 1. The fourth-order valence-corrected chi connectivity index (χ4v) is 3.06. The second-order valence-corrected chi connectivity index (χ2v) is 5.96. The third kappa shape index (κ3) is 4.07. The molecule has 18 heavy (non-hydrogen) atoms. The highest BCUT2D eigenvalue weighted by atomic mass is 32.1. The van der Waals surface area contributed by atoms with Gasteiger partial charge in [-0.25, -0.2) is 0 Å². The van der Waals surface area contributed by atoms with Gasteiger partial charge in [0.25, 0.3) is 0 Å². The van der Waals surface area contributed by atoms with Gasteiger partial charge in [0.05, 0.1) is 6.21 Å². The zero-order chi connectivity index (χ0) is 12.8. The molecule has 1 saturated carbocycles. The molecule has 1 fully saturated rings. The Balaban J connectivity index is 1.74. The van der Waals surface area contributed by atoms with Gasteiger partial charge in [0.1, 0.15) is 0 Å². The second-order valence-electron chi connectivity index (χ2n) is 4.77. The molecule has 5 heteroatoms. The fraction of sp³-hybridized carbons (Fsp3) is 0.538. The number of hydrazone groups is 1. The van der Waals surface area contributed by atoms with E-state index in [1.165, 1.54) is 25.7 Å². The Bertz CT molecular complexity index is 400. The summed E-state index contributed by atoms with van der Waals surface area (Å²) < 4.78 is 0. The van der Waals surface area contributed by atoms with Gasteiger partial charge < -0.3 is 5.32 Å². The predicted molar refractivity (Wildman–Crippen MR) is 82.2 cm³/mol. The number of hydrogen-bond donors (Lipinski definition) is 2. The van der Waals surface area contributed by atoms with E-state index in [9.17, 15) is 0 Å². The second kappa shape index (κ2) is 6.85. The maximum absolute atomic E-state index is 5.25. The van der Waals surface area contributed by atoms with Crippen molar-refractivity contribution < 1.29 is 0 Å². The van der Waals surface area contributed by atoms with Crippen LogP contribution in [0.4, 0.5) is 0 Å². The van der Waals surface area contributed by atoms with Crippen molar-refractivity contribution in [2.75, 3.05) is 0 Å². The minimum absolute atomic E-state index is 0.495. The lowest BCUT2D eigenvalue weighted by atomic mass is 9.86. The molecule has 1 aliphatic carbocycles. The summed E-state index contributed by atoms with van der Waals surface area (Å²) >= 11 is 6.91. The largest absolute Gasteiger partial charge is 0.358 e. The summed E-state index contributed by atoms with van der Waals surface area (Å²) in [5.74, 6) is 0.694. The van der Waals surface area contributed by atoms with Gasteiger partial charge in [0, 0.05) is 11.6 Å². The van der Waals surface area contributed by atoms with Gasteiger partial charge in [-0.2, -0.15) is 16.4 Å². The van der Waals surface area contributed by atoms with Crippen LogP contribution in [-0.4, -0.2) is 17.4 Å². The SMILES string of the molecule is C[C@H]1CCCC[C@H]1NC(=S)N/N=C\c1ccsc1. The smallest absolute Gasteiger partial charge is 0.187 e. The van der Waals surface area contributed by atoms with Crippen molar-refractivity contribution in [2.45, 2.75) is 38.6 Å². The molecule has 3 nitrogen and oxygen atoms in total. The lowest BCUT2D eigenvalue weighted by Crippen LogP contribution is -2.44. The lowest BCUT2D eigenvalue weighted by Gasteiger charge is -2.30. The van der Waals surface area contributed by atoms with E-state index in [1.807, 2.05) is 16.8 Å². The zero-order valence-corrected chi connectivity index (χ0v) is 12.2. The first-order valence-corrected chi connectivity index (χ1v) is 7.72. The predicted octanol–water partition coefficient (Wildman–Crippen LogP) is 3.12. The molecule has 2 atom stereocenters. The van der Waals surface area contributed by atoms with E-state index in [0.717, 1.165) is 5.56 Å².